The highest BCUT2D eigenvalue weighted by atomic mass is 16.6. The van der Waals surface area contributed by atoms with Gasteiger partial charge in [-0.05, 0) is 40.0 Å². The third kappa shape index (κ3) is 4.91. The van der Waals surface area contributed by atoms with Crippen LogP contribution >= 0.6 is 0 Å². The molecule has 100 valence electrons. The second kappa shape index (κ2) is 5.69. The number of nitrogens with one attached hydrogen (secondary N) is 1. The molecule has 0 aromatic rings. The number of rotatable bonds is 2. The van der Waals surface area contributed by atoms with E-state index in [4.69, 9.17) is 10.5 Å². The molecule has 3 atom stereocenters. The number of aliphatic hydroxyl groups excluding tert-OH is 1. The summed E-state index contributed by atoms with van der Waals surface area (Å²) in [7, 11) is 0. The zero-order chi connectivity index (χ0) is 13.1. The van der Waals surface area contributed by atoms with Gasteiger partial charge in [0.1, 0.15) is 5.60 Å². The summed E-state index contributed by atoms with van der Waals surface area (Å²) >= 11 is 0. The number of nitrogens with two attached hydrogens (primary N) is 1. The average molecular weight is 244 g/mol. The molecule has 1 aliphatic carbocycles. The van der Waals surface area contributed by atoms with E-state index in [9.17, 15) is 9.90 Å². The van der Waals surface area contributed by atoms with Crippen molar-refractivity contribution >= 4 is 6.09 Å². The molecular weight excluding hydrogens is 220 g/mol. The van der Waals surface area contributed by atoms with E-state index in [1.807, 2.05) is 20.8 Å². The Bertz CT molecular complexity index is 263. The highest BCUT2D eigenvalue weighted by Crippen LogP contribution is 2.23. The molecule has 1 rings (SSSR count). The lowest BCUT2D eigenvalue weighted by Gasteiger charge is -2.34. The number of ether oxygens (including phenoxy) is 1. The highest BCUT2D eigenvalue weighted by Gasteiger charge is 2.30. The molecule has 0 spiro atoms. The van der Waals surface area contributed by atoms with E-state index >= 15 is 0 Å². The molecule has 0 aromatic heterocycles. The quantitative estimate of drug-likeness (QED) is 0.676. The molecule has 0 saturated heterocycles. The van der Waals surface area contributed by atoms with Crippen molar-refractivity contribution in [3.63, 3.8) is 0 Å². The summed E-state index contributed by atoms with van der Waals surface area (Å²) in [6.07, 6.45) is 2.00. The monoisotopic (exact) mass is 244 g/mol. The lowest BCUT2D eigenvalue weighted by Crippen LogP contribution is -2.48. The normalized spacial score (nSPS) is 29.8. The number of aliphatic hydroxyl groups is 1. The van der Waals surface area contributed by atoms with Crippen LogP contribution in [0.2, 0.25) is 0 Å². The fourth-order valence-electron chi connectivity index (χ4n) is 2.15. The molecule has 1 fully saturated rings. The van der Waals surface area contributed by atoms with Crippen LogP contribution in [0.4, 0.5) is 4.79 Å². The van der Waals surface area contributed by atoms with Crippen LogP contribution in [-0.2, 0) is 4.74 Å². The molecule has 1 amide bonds. The summed E-state index contributed by atoms with van der Waals surface area (Å²) in [4.78, 5) is 11.6. The van der Waals surface area contributed by atoms with Crippen LogP contribution in [0.25, 0.3) is 0 Å². The molecule has 0 radical (unpaired) electrons. The Morgan fingerprint density at radius 2 is 2.12 bits per heavy atom. The van der Waals surface area contributed by atoms with E-state index in [2.05, 4.69) is 5.32 Å². The Morgan fingerprint density at radius 1 is 1.47 bits per heavy atom. The zero-order valence-corrected chi connectivity index (χ0v) is 10.9. The van der Waals surface area contributed by atoms with Gasteiger partial charge in [-0.25, -0.2) is 4.79 Å². The summed E-state index contributed by atoms with van der Waals surface area (Å²) in [5.74, 6) is 0.0336. The summed E-state index contributed by atoms with van der Waals surface area (Å²) < 4.78 is 5.20. The predicted octanol–water partition coefficient (Wildman–Crippen LogP) is 0.999. The SMILES string of the molecule is CC(C)(C)OC(=O)NC1CCC(N)CC1CO. The number of hydrogen-bond acceptors (Lipinski definition) is 4. The zero-order valence-electron chi connectivity index (χ0n) is 10.9. The first-order valence-corrected chi connectivity index (χ1v) is 6.18. The summed E-state index contributed by atoms with van der Waals surface area (Å²) in [6, 6.07) is 0.0958. The smallest absolute Gasteiger partial charge is 0.407 e. The van der Waals surface area contributed by atoms with Crippen LogP contribution < -0.4 is 11.1 Å². The van der Waals surface area contributed by atoms with E-state index < -0.39 is 11.7 Å². The van der Waals surface area contributed by atoms with Crippen molar-refractivity contribution < 1.29 is 14.6 Å². The topological polar surface area (TPSA) is 84.6 Å². The maximum atomic E-state index is 11.6. The molecule has 1 saturated carbocycles. The molecule has 0 heterocycles. The summed E-state index contributed by atoms with van der Waals surface area (Å²) in [6.45, 7) is 5.53. The molecule has 3 unspecified atom stereocenters. The molecule has 4 N–H and O–H groups in total. The van der Waals surface area contributed by atoms with Gasteiger partial charge in [-0.3, -0.25) is 0 Å². The van der Waals surface area contributed by atoms with Crippen LogP contribution in [0.3, 0.4) is 0 Å². The number of hydrogen-bond donors (Lipinski definition) is 3. The lowest BCUT2D eigenvalue weighted by atomic mass is 9.82. The maximum Gasteiger partial charge on any atom is 0.407 e. The summed E-state index contributed by atoms with van der Waals surface area (Å²) in [5, 5.41) is 12.1. The van der Waals surface area contributed by atoms with E-state index in [1.54, 1.807) is 0 Å². The minimum atomic E-state index is -0.496. The first-order chi connectivity index (χ1) is 7.81. The van der Waals surface area contributed by atoms with Gasteiger partial charge in [-0.15, -0.1) is 0 Å². The minimum Gasteiger partial charge on any atom is -0.444 e. The molecule has 0 aromatic carbocycles. The molecule has 5 heteroatoms. The van der Waals surface area contributed by atoms with Gasteiger partial charge in [0.2, 0.25) is 0 Å². The van der Waals surface area contributed by atoms with Crippen LogP contribution in [0, 0.1) is 5.92 Å². The van der Waals surface area contributed by atoms with Gasteiger partial charge >= 0.3 is 6.09 Å². The Morgan fingerprint density at radius 3 is 2.65 bits per heavy atom. The number of amides is 1. The van der Waals surface area contributed by atoms with Gasteiger partial charge < -0.3 is 20.9 Å². The van der Waals surface area contributed by atoms with Gasteiger partial charge in [-0.1, -0.05) is 0 Å². The molecule has 1 aliphatic rings. The van der Waals surface area contributed by atoms with Crippen LogP contribution in [-0.4, -0.2) is 35.5 Å². The molecule has 0 bridgehead atoms. The molecule has 17 heavy (non-hydrogen) atoms. The molecule has 5 nitrogen and oxygen atoms in total. The Hall–Kier alpha value is -0.810. The third-order valence-electron chi connectivity index (χ3n) is 2.96. The largest absolute Gasteiger partial charge is 0.444 e. The minimum absolute atomic E-state index is 0.0327. The first-order valence-electron chi connectivity index (χ1n) is 6.18. The lowest BCUT2D eigenvalue weighted by molar-refractivity contribution is 0.0439. The number of alkyl carbamates (subject to hydrolysis) is 1. The second-order valence-electron chi connectivity index (χ2n) is 5.77. The van der Waals surface area contributed by atoms with Gasteiger partial charge in [0, 0.05) is 24.6 Å². The van der Waals surface area contributed by atoms with Crippen molar-refractivity contribution in [2.45, 2.75) is 57.7 Å². The molecule has 0 aliphatic heterocycles. The highest BCUT2D eigenvalue weighted by molar-refractivity contribution is 5.68. The van der Waals surface area contributed by atoms with Crippen LogP contribution in [0.15, 0.2) is 0 Å². The Balaban J connectivity index is 2.47. The van der Waals surface area contributed by atoms with Crippen molar-refractivity contribution in [2.75, 3.05) is 6.61 Å². The van der Waals surface area contributed by atoms with E-state index in [1.165, 1.54) is 0 Å². The first kappa shape index (κ1) is 14.3. The van der Waals surface area contributed by atoms with Gasteiger partial charge in [-0.2, -0.15) is 0 Å². The van der Waals surface area contributed by atoms with Crippen molar-refractivity contribution in [1.82, 2.24) is 5.32 Å². The Labute approximate surface area is 103 Å². The van der Waals surface area contributed by atoms with Crippen LogP contribution in [0.1, 0.15) is 40.0 Å². The third-order valence-corrected chi connectivity index (χ3v) is 2.96. The van der Waals surface area contributed by atoms with Crippen molar-refractivity contribution in [1.29, 1.82) is 0 Å². The number of carbonyl (C=O) groups is 1. The fourth-order valence-corrected chi connectivity index (χ4v) is 2.15. The van der Waals surface area contributed by atoms with Crippen molar-refractivity contribution in [2.24, 2.45) is 11.7 Å². The van der Waals surface area contributed by atoms with E-state index in [0.717, 1.165) is 19.3 Å². The number of carbonyl (C=O) groups excluding carboxylic acids is 1. The molecular formula is C12H24N2O3. The van der Waals surface area contributed by atoms with Gasteiger partial charge in [0.25, 0.3) is 0 Å². The van der Waals surface area contributed by atoms with Gasteiger partial charge in [0.05, 0.1) is 0 Å². The predicted molar refractivity (Wildman–Crippen MR) is 65.6 cm³/mol. The summed E-state index contributed by atoms with van der Waals surface area (Å²) in [5.41, 5.74) is 5.34. The fraction of sp³-hybridized carbons (Fsp3) is 0.917. The average Bonchev–Trinajstić information content (AvgIpc) is 2.17. The van der Waals surface area contributed by atoms with Crippen molar-refractivity contribution in [3.8, 4) is 0 Å². The van der Waals surface area contributed by atoms with Gasteiger partial charge in [0.15, 0.2) is 0 Å². The second-order valence-corrected chi connectivity index (χ2v) is 5.77. The van der Waals surface area contributed by atoms with E-state index in [0.29, 0.717) is 0 Å². The van der Waals surface area contributed by atoms with E-state index in [-0.39, 0.29) is 24.6 Å². The Kier molecular flexibility index (Phi) is 4.77. The maximum absolute atomic E-state index is 11.6. The van der Waals surface area contributed by atoms with Crippen molar-refractivity contribution in [3.05, 3.63) is 0 Å². The standard InChI is InChI=1S/C12H24N2O3/c1-12(2,3)17-11(16)14-10-5-4-9(13)6-8(10)7-15/h8-10,15H,4-7,13H2,1-3H3,(H,14,16). The van der Waals surface area contributed by atoms with Crippen LogP contribution in [0.5, 0.6) is 0 Å².